The third kappa shape index (κ3) is 6.52. The van der Waals surface area contributed by atoms with Crippen molar-refractivity contribution in [1.29, 1.82) is 0 Å². The second kappa shape index (κ2) is 11.5. The van der Waals surface area contributed by atoms with Crippen LogP contribution in [0.15, 0.2) is 53.5 Å². The Morgan fingerprint density at radius 1 is 1.10 bits per heavy atom. The molecular formula is C21H27IN4O3. The molecule has 1 amide bonds. The Hall–Kier alpha value is -2.49. The molecule has 0 aliphatic carbocycles. The molecule has 1 unspecified atom stereocenters. The van der Waals surface area contributed by atoms with Crippen molar-refractivity contribution in [3.63, 3.8) is 0 Å². The second-order valence-corrected chi connectivity index (χ2v) is 6.35. The fraction of sp³-hybridized carbons (Fsp3) is 0.333. The summed E-state index contributed by atoms with van der Waals surface area (Å²) >= 11 is 0. The predicted molar refractivity (Wildman–Crippen MR) is 124 cm³/mol. The van der Waals surface area contributed by atoms with E-state index in [1.807, 2.05) is 43.3 Å². The smallest absolute Gasteiger partial charge is 0.251 e. The number of hydrogen-bond donors (Lipinski definition) is 3. The van der Waals surface area contributed by atoms with Gasteiger partial charge in [-0.1, -0.05) is 24.3 Å². The SMILES string of the molecule is CCNC(=NCc1ccc(C(=O)NC)cc1)NCC1COc2ccccc2O1.I. The van der Waals surface area contributed by atoms with Gasteiger partial charge in [0.05, 0.1) is 13.1 Å². The molecule has 0 saturated carbocycles. The number of para-hydroxylation sites is 2. The molecule has 1 aliphatic rings. The van der Waals surface area contributed by atoms with Crippen molar-refractivity contribution in [1.82, 2.24) is 16.0 Å². The first kappa shape index (κ1) is 22.8. The first-order valence-corrected chi connectivity index (χ1v) is 9.41. The first-order valence-electron chi connectivity index (χ1n) is 9.41. The molecule has 0 bridgehead atoms. The average Bonchev–Trinajstić information content (AvgIpc) is 2.75. The molecule has 0 radical (unpaired) electrons. The molecule has 3 N–H and O–H groups in total. The number of benzene rings is 2. The molecule has 156 valence electrons. The summed E-state index contributed by atoms with van der Waals surface area (Å²) in [7, 11) is 1.62. The zero-order valence-corrected chi connectivity index (χ0v) is 18.9. The van der Waals surface area contributed by atoms with E-state index in [-0.39, 0.29) is 36.0 Å². The van der Waals surface area contributed by atoms with Gasteiger partial charge in [0, 0.05) is 19.2 Å². The van der Waals surface area contributed by atoms with E-state index in [0.29, 0.717) is 31.2 Å². The minimum Gasteiger partial charge on any atom is -0.486 e. The molecule has 1 atom stereocenters. The lowest BCUT2D eigenvalue weighted by molar-refractivity contribution is 0.0936. The van der Waals surface area contributed by atoms with Crippen LogP contribution in [0.5, 0.6) is 11.5 Å². The summed E-state index contributed by atoms with van der Waals surface area (Å²) in [6.07, 6.45) is -0.0920. The average molecular weight is 510 g/mol. The van der Waals surface area contributed by atoms with Crippen molar-refractivity contribution in [3.8, 4) is 11.5 Å². The maximum Gasteiger partial charge on any atom is 0.251 e. The van der Waals surface area contributed by atoms with Crippen LogP contribution in [0.25, 0.3) is 0 Å². The normalized spacial score (nSPS) is 15.1. The molecule has 3 rings (SSSR count). The Bertz CT molecular complexity index is 827. The van der Waals surface area contributed by atoms with Gasteiger partial charge in [-0.05, 0) is 36.8 Å². The summed E-state index contributed by atoms with van der Waals surface area (Å²) in [5.41, 5.74) is 1.66. The fourth-order valence-electron chi connectivity index (χ4n) is 2.79. The van der Waals surface area contributed by atoms with E-state index >= 15 is 0 Å². The number of fused-ring (bicyclic) bond motifs is 1. The number of halogens is 1. The highest BCUT2D eigenvalue weighted by Gasteiger charge is 2.20. The lowest BCUT2D eigenvalue weighted by Crippen LogP contribution is -2.45. The largest absolute Gasteiger partial charge is 0.486 e. The third-order valence-electron chi connectivity index (χ3n) is 4.27. The van der Waals surface area contributed by atoms with Crippen LogP contribution in [0, 0.1) is 0 Å². The first-order chi connectivity index (χ1) is 13.7. The van der Waals surface area contributed by atoms with Crippen molar-refractivity contribution in [3.05, 3.63) is 59.7 Å². The van der Waals surface area contributed by atoms with Crippen LogP contribution in [-0.4, -0.2) is 44.7 Å². The number of carbonyl (C=O) groups is 1. The summed E-state index contributed by atoms with van der Waals surface area (Å²) in [5, 5.41) is 9.14. The van der Waals surface area contributed by atoms with Crippen molar-refractivity contribution in [2.75, 3.05) is 26.7 Å². The molecule has 7 nitrogen and oxygen atoms in total. The van der Waals surface area contributed by atoms with E-state index in [4.69, 9.17) is 9.47 Å². The minimum atomic E-state index is -0.0960. The highest BCUT2D eigenvalue weighted by molar-refractivity contribution is 14.0. The summed E-state index contributed by atoms with van der Waals surface area (Å²) in [5.74, 6) is 2.15. The Morgan fingerprint density at radius 2 is 1.83 bits per heavy atom. The lowest BCUT2D eigenvalue weighted by atomic mass is 10.1. The molecule has 1 heterocycles. The zero-order valence-electron chi connectivity index (χ0n) is 16.6. The van der Waals surface area contributed by atoms with E-state index in [2.05, 4.69) is 20.9 Å². The van der Waals surface area contributed by atoms with E-state index in [9.17, 15) is 4.79 Å². The van der Waals surface area contributed by atoms with Crippen LogP contribution >= 0.6 is 24.0 Å². The number of nitrogens with zero attached hydrogens (tertiary/aromatic N) is 1. The van der Waals surface area contributed by atoms with Crippen LogP contribution in [0.2, 0.25) is 0 Å². The summed E-state index contributed by atoms with van der Waals surface area (Å²) < 4.78 is 11.7. The van der Waals surface area contributed by atoms with Crippen molar-refractivity contribution < 1.29 is 14.3 Å². The van der Waals surface area contributed by atoms with Crippen molar-refractivity contribution >= 4 is 35.8 Å². The number of ether oxygens (including phenoxy) is 2. The maximum atomic E-state index is 11.6. The number of guanidine groups is 1. The Labute approximate surface area is 188 Å². The fourth-order valence-corrected chi connectivity index (χ4v) is 2.79. The van der Waals surface area contributed by atoms with Gasteiger partial charge in [-0.15, -0.1) is 24.0 Å². The number of amides is 1. The summed E-state index contributed by atoms with van der Waals surface area (Å²) in [6, 6.07) is 15.1. The van der Waals surface area contributed by atoms with Crippen LogP contribution in [0.1, 0.15) is 22.8 Å². The van der Waals surface area contributed by atoms with E-state index in [0.717, 1.165) is 23.6 Å². The van der Waals surface area contributed by atoms with Gasteiger partial charge in [0.15, 0.2) is 17.5 Å². The zero-order chi connectivity index (χ0) is 19.8. The minimum absolute atomic E-state index is 0. The van der Waals surface area contributed by atoms with Crippen LogP contribution < -0.4 is 25.4 Å². The molecule has 2 aromatic rings. The second-order valence-electron chi connectivity index (χ2n) is 6.35. The maximum absolute atomic E-state index is 11.6. The molecule has 8 heteroatoms. The van der Waals surface area contributed by atoms with E-state index in [1.54, 1.807) is 19.2 Å². The number of carbonyl (C=O) groups excluding carboxylic acids is 1. The standard InChI is InChI=1S/C21H26N4O3.HI/c1-3-23-21(24-12-15-8-10-16(11-9-15)20(26)22-2)25-13-17-14-27-18-6-4-5-7-19(18)28-17;/h4-11,17H,3,12-14H2,1-2H3,(H,22,26)(H2,23,24,25);1H. The summed E-state index contributed by atoms with van der Waals surface area (Å²) in [6.45, 7) is 4.35. The molecule has 0 saturated heterocycles. The molecule has 0 fully saturated rings. The van der Waals surface area contributed by atoms with Gasteiger partial charge >= 0.3 is 0 Å². The van der Waals surface area contributed by atoms with Gasteiger partial charge in [-0.25, -0.2) is 4.99 Å². The molecule has 29 heavy (non-hydrogen) atoms. The quantitative estimate of drug-likeness (QED) is 0.316. The number of aliphatic imine (C=N–C) groups is 1. The molecule has 2 aromatic carbocycles. The number of hydrogen-bond acceptors (Lipinski definition) is 4. The monoisotopic (exact) mass is 510 g/mol. The Kier molecular flexibility index (Phi) is 9.04. The Morgan fingerprint density at radius 3 is 2.52 bits per heavy atom. The van der Waals surface area contributed by atoms with Crippen LogP contribution in [-0.2, 0) is 6.54 Å². The van der Waals surface area contributed by atoms with Gasteiger partial charge in [0.1, 0.15) is 12.7 Å². The van der Waals surface area contributed by atoms with Gasteiger partial charge < -0.3 is 25.4 Å². The molecule has 1 aliphatic heterocycles. The van der Waals surface area contributed by atoms with E-state index in [1.165, 1.54) is 0 Å². The van der Waals surface area contributed by atoms with Crippen molar-refractivity contribution in [2.45, 2.75) is 19.6 Å². The van der Waals surface area contributed by atoms with Crippen LogP contribution in [0.3, 0.4) is 0 Å². The van der Waals surface area contributed by atoms with E-state index < -0.39 is 0 Å². The highest BCUT2D eigenvalue weighted by atomic mass is 127. The molecular weight excluding hydrogens is 483 g/mol. The van der Waals surface area contributed by atoms with Crippen molar-refractivity contribution in [2.24, 2.45) is 4.99 Å². The predicted octanol–water partition coefficient (Wildman–Crippen LogP) is 2.56. The van der Waals surface area contributed by atoms with Gasteiger partial charge in [0.2, 0.25) is 0 Å². The number of nitrogens with one attached hydrogen (secondary N) is 3. The molecule has 0 aromatic heterocycles. The van der Waals surface area contributed by atoms with Crippen LogP contribution in [0.4, 0.5) is 0 Å². The third-order valence-corrected chi connectivity index (χ3v) is 4.27. The van der Waals surface area contributed by atoms with Gasteiger partial charge in [0.25, 0.3) is 5.91 Å². The van der Waals surface area contributed by atoms with Gasteiger partial charge in [-0.3, -0.25) is 4.79 Å². The summed E-state index contributed by atoms with van der Waals surface area (Å²) in [4.78, 5) is 16.2. The number of rotatable bonds is 6. The Balaban J connectivity index is 0.00000300. The lowest BCUT2D eigenvalue weighted by Gasteiger charge is -2.27. The van der Waals surface area contributed by atoms with Gasteiger partial charge in [-0.2, -0.15) is 0 Å². The topological polar surface area (TPSA) is 84.0 Å². The molecule has 0 spiro atoms. The highest BCUT2D eigenvalue weighted by Crippen LogP contribution is 2.30.